The van der Waals surface area contributed by atoms with E-state index >= 15 is 0 Å². The molecular weight excluding hydrogens is 376 g/mol. The van der Waals surface area contributed by atoms with E-state index in [0.717, 1.165) is 19.6 Å². The summed E-state index contributed by atoms with van der Waals surface area (Å²) in [5, 5.41) is 0.538. The fourth-order valence-corrected chi connectivity index (χ4v) is 5.34. The Morgan fingerprint density at radius 1 is 1.07 bits per heavy atom. The summed E-state index contributed by atoms with van der Waals surface area (Å²) >= 11 is 0. The van der Waals surface area contributed by atoms with Crippen LogP contribution in [0.15, 0.2) is 53.6 Å². The van der Waals surface area contributed by atoms with Crippen molar-refractivity contribution in [3.05, 3.63) is 75.8 Å². The van der Waals surface area contributed by atoms with E-state index in [4.69, 9.17) is 0 Å². The lowest BCUT2D eigenvalue weighted by atomic mass is 9.88. The van der Waals surface area contributed by atoms with Gasteiger partial charge in [-0.25, -0.2) is 4.98 Å². The van der Waals surface area contributed by atoms with Gasteiger partial charge in [0.1, 0.15) is 0 Å². The Morgan fingerprint density at radius 2 is 1.87 bits per heavy atom. The van der Waals surface area contributed by atoms with Crippen LogP contribution in [0.25, 0.3) is 10.9 Å². The van der Waals surface area contributed by atoms with Gasteiger partial charge in [0, 0.05) is 44.2 Å². The second-order valence-corrected chi connectivity index (χ2v) is 8.77. The van der Waals surface area contributed by atoms with Crippen LogP contribution in [0, 0.1) is 18.8 Å². The van der Waals surface area contributed by atoms with Crippen molar-refractivity contribution < 1.29 is 4.79 Å². The van der Waals surface area contributed by atoms with E-state index in [9.17, 15) is 9.59 Å². The van der Waals surface area contributed by atoms with Gasteiger partial charge in [-0.2, -0.15) is 0 Å². The second-order valence-electron chi connectivity index (χ2n) is 8.77. The van der Waals surface area contributed by atoms with Crippen molar-refractivity contribution in [3.8, 4) is 0 Å². The SMILES string of the molecule is Cc1ccccc1[C@@H]1[C@@H]2CN(C(=O)c3ccc4c(=O)n(C)cnc4c3)C[C@@H]2CN1C. The predicted octanol–water partition coefficient (Wildman–Crippen LogP) is 2.62. The van der Waals surface area contributed by atoms with Crippen molar-refractivity contribution in [1.29, 1.82) is 0 Å². The highest BCUT2D eigenvalue weighted by Gasteiger charge is 2.47. The van der Waals surface area contributed by atoms with E-state index < -0.39 is 0 Å². The number of hydrogen-bond acceptors (Lipinski definition) is 4. The molecule has 0 spiro atoms. The molecular formula is C24H26N4O2. The van der Waals surface area contributed by atoms with Crippen molar-refractivity contribution in [2.75, 3.05) is 26.7 Å². The normalized spacial score (nSPS) is 23.8. The highest BCUT2D eigenvalue weighted by atomic mass is 16.2. The molecule has 3 atom stereocenters. The molecule has 3 heterocycles. The predicted molar refractivity (Wildman–Crippen MR) is 116 cm³/mol. The number of carbonyl (C=O) groups excluding carboxylic acids is 1. The summed E-state index contributed by atoms with van der Waals surface area (Å²) in [5.74, 6) is 0.945. The third-order valence-electron chi connectivity index (χ3n) is 6.85. The molecule has 2 fully saturated rings. The number of rotatable bonds is 2. The summed E-state index contributed by atoms with van der Waals surface area (Å²) in [6, 6.07) is 14.1. The number of aromatic nitrogens is 2. The van der Waals surface area contributed by atoms with Crippen molar-refractivity contribution in [1.82, 2.24) is 19.4 Å². The number of aryl methyl sites for hydroxylation is 2. The van der Waals surface area contributed by atoms with Crippen molar-refractivity contribution >= 4 is 16.8 Å². The Labute approximate surface area is 175 Å². The number of nitrogens with zero attached hydrogens (tertiary/aromatic N) is 4. The monoisotopic (exact) mass is 402 g/mol. The van der Waals surface area contributed by atoms with Crippen LogP contribution >= 0.6 is 0 Å². The van der Waals surface area contributed by atoms with Gasteiger partial charge in [-0.05, 0) is 49.2 Å². The van der Waals surface area contributed by atoms with Crippen LogP contribution in [-0.2, 0) is 7.05 Å². The number of hydrogen-bond donors (Lipinski definition) is 0. The quantitative estimate of drug-likeness (QED) is 0.661. The number of amides is 1. The number of fused-ring (bicyclic) bond motifs is 2. The summed E-state index contributed by atoms with van der Waals surface area (Å²) in [6.45, 7) is 4.70. The Hall–Kier alpha value is -2.99. The summed E-state index contributed by atoms with van der Waals surface area (Å²) in [5.41, 5.74) is 3.75. The zero-order valence-corrected chi connectivity index (χ0v) is 17.6. The van der Waals surface area contributed by atoms with E-state index in [1.807, 2.05) is 4.90 Å². The molecule has 6 nitrogen and oxygen atoms in total. The molecule has 3 aromatic rings. The lowest BCUT2D eigenvalue weighted by Crippen LogP contribution is -2.33. The van der Waals surface area contributed by atoms with Crippen LogP contribution in [0.1, 0.15) is 27.5 Å². The summed E-state index contributed by atoms with van der Waals surface area (Å²) in [6.07, 6.45) is 1.50. The smallest absolute Gasteiger partial charge is 0.260 e. The summed E-state index contributed by atoms with van der Waals surface area (Å²) in [7, 11) is 3.87. The van der Waals surface area contributed by atoms with Gasteiger partial charge in [0.15, 0.2) is 0 Å². The van der Waals surface area contributed by atoms with Gasteiger partial charge in [-0.1, -0.05) is 24.3 Å². The molecule has 2 aliphatic rings. The van der Waals surface area contributed by atoms with Gasteiger partial charge in [-0.15, -0.1) is 0 Å². The molecule has 2 aromatic carbocycles. The minimum absolute atomic E-state index is 0.0277. The van der Waals surface area contributed by atoms with Crippen LogP contribution in [0.5, 0.6) is 0 Å². The molecule has 0 N–H and O–H groups in total. The zero-order valence-electron chi connectivity index (χ0n) is 17.6. The second kappa shape index (κ2) is 7.06. The highest BCUT2D eigenvalue weighted by Crippen LogP contribution is 2.45. The van der Waals surface area contributed by atoms with Gasteiger partial charge in [0.25, 0.3) is 11.5 Å². The highest BCUT2D eigenvalue weighted by molar-refractivity contribution is 5.97. The first-order valence-electron chi connectivity index (χ1n) is 10.4. The Kier molecular flexibility index (Phi) is 4.47. The zero-order chi connectivity index (χ0) is 21.0. The van der Waals surface area contributed by atoms with Gasteiger partial charge >= 0.3 is 0 Å². The first kappa shape index (κ1) is 19.0. The largest absolute Gasteiger partial charge is 0.338 e. The van der Waals surface area contributed by atoms with Crippen LogP contribution in [0.4, 0.5) is 0 Å². The van der Waals surface area contributed by atoms with Crippen molar-refractivity contribution in [3.63, 3.8) is 0 Å². The lowest BCUT2D eigenvalue weighted by Gasteiger charge is -2.28. The molecule has 0 bridgehead atoms. The van der Waals surface area contributed by atoms with Crippen molar-refractivity contribution in [2.45, 2.75) is 13.0 Å². The molecule has 0 radical (unpaired) electrons. The molecule has 1 amide bonds. The minimum atomic E-state index is -0.0983. The summed E-state index contributed by atoms with van der Waals surface area (Å²) in [4.78, 5) is 34.3. The number of benzene rings is 2. The maximum atomic E-state index is 13.3. The Morgan fingerprint density at radius 3 is 2.67 bits per heavy atom. The molecule has 154 valence electrons. The maximum Gasteiger partial charge on any atom is 0.260 e. The fraction of sp³-hybridized carbons (Fsp3) is 0.375. The van der Waals surface area contributed by atoms with E-state index in [2.05, 4.69) is 48.1 Å². The molecule has 0 saturated carbocycles. The van der Waals surface area contributed by atoms with Gasteiger partial charge in [-0.3, -0.25) is 14.5 Å². The molecule has 30 heavy (non-hydrogen) atoms. The first-order chi connectivity index (χ1) is 14.4. The molecule has 0 unspecified atom stereocenters. The van der Waals surface area contributed by atoms with E-state index in [0.29, 0.717) is 34.3 Å². The Balaban J connectivity index is 1.41. The van der Waals surface area contributed by atoms with Crippen LogP contribution in [0.3, 0.4) is 0 Å². The third kappa shape index (κ3) is 2.94. The van der Waals surface area contributed by atoms with Gasteiger partial charge < -0.3 is 9.47 Å². The lowest BCUT2D eigenvalue weighted by molar-refractivity contribution is 0.0768. The van der Waals surface area contributed by atoms with Crippen LogP contribution in [0.2, 0.25) is 0 Å². The molecule has 2 saturated heterocycles. The molecule has 2 aliphatic heterocycles. The van der Waals surface area contributed by atoms with E-state index in [1.165, 1.54) is 22.0 Å². The molecule has 6 heteroatoms. The fourth-order valence-electron chi connectivity index (χ4n) is 5.34. The maximum absolute atomic E-state index is 13.3. The van der Waals surface area contributed by atoms with E-state index in [-0.39, 0.29) is 11.5 Å². The molecule has 5 rings (SSSR count). The number of carbonyl (C=O) groups is 1. The van der Waals surface area contributed by atoms with Crippen molar-refractivity contribution in [2.24, 2.45) is 18.9 Å². The van der Waals surface area contributed by atoms with Gasteiger partial charge in [0.2, 0.25) is 0 Å². The topological polar surface area (TPSA) is 58.4 Å². The molecule has 0 aliphatic carbocycles. The van der Waals surface area contributed by atoms with Gasteiger partial charge in [0.05, 0.1) is 17.2 Å². The van der Waals surface area contributed by atoms with Crippen LogP contribution in [-0.4, -0.2) is 51.9 Å². The first-order valence-corrected chi connectivity index (χ1v) is 10.4. The summed E-state index contributed by atoms with van der Waals surface area (Å²) < 4.78 is 1.45. The molecule has 1 aromatic heterocycles. The minimum Gasteiger partial charge on any atom is -0.338 e. The van der Waals surface area contributed by atoms with E-state index in [1.54, 1.807) is 25.2 Å². The average molecular weight is 402 g/mol. The average Bonchev–Trinajstić information content (AvgIpc) is 3.27. The van der Waals surface area contributed by atoms with Crippen LogP contribution < -0.4 is 5.56 Å². The standard InChI is InChI=1S/C24H26N4O2/c1-15-6-4-5-7-18(15)22-20-13-28(12-17(20)11-26(22)2)23(29)16-8-9-19-21(10-16)25-14-27(3)24(19)30/h4-10,14,17,20,22H,11-13H2,1-3H3/t17-,20+,22+/m0/s1. The number of likely N-dealkylation sites (tertiary alicyclic amines) is 2. The third-order valence-corrected chi connectivity index (χ3v) is 6.85. The Bertz CT molecular complexity index is 1200.